The molecule has 1 saturated heterocycles. The van der Waals surface area contributed by atoms with Crippen molar-refractivity contribution in [3.05, 3.63) is 35.4 Å². The average molecular weight is 354 g/mol. The fourth-order valence-electron chi connectivity index (χ4n) is 2.93. The van der Waals surface area contributed by atoms with E-state index in [4.69, 9.17) is 0 Å². The van der Waals surface area contributed by atoms with Gasteiger partial charge in [0.2, 0.25) is 5.91 Å². The third kappa shape index (κ3) is 5.76. The Morgan fingerprint density at radius 3 is 2.54 bits per heavy atom. The average Bonchev–Trinajstić information content (AvgIpc) is 2.55. The lowest BCUT2D eigenvalue weighted by Gasteiger charge is -2.37. The SMILES string of the molecule is CCc1ccc(C2CNCCN2CC(=O)NC(C)(C)CC)cc1.Cl. The lowest BCUT2D eigenvalue weighted by atomic mass is 10.00. The van der Waals surface area contributed by atoms with Crippen LogP contribution in [0.1, 0.15) is 51.3 Å². The minimum Gasteiger partial charge on any atom is -0.350 e. The first kappa shape index (κ1) is 20.9. The normalized spacial score (nSPS) is 18.8. The van der Waals surface area contributed by atoms with Crippen LogP contribution < -0.4 is 10.6 Å². The van der Waals surface area contributed by atoms with Gasteiger partial charge in [-0.25, -0.2) is 0 Å². The predicted octanol–water partition coefficient (Wildman–Crippen LogP) is 2.92. The number of carbonyl (C=O) groups is 1. The van der Waals surface area contributed by atoms with E-state index in [0.29, 0.717) is 6.54 Å². The molecule has 4 nitrogen and oxygen atoms in total. The second-order valence-corrected chi connectivity index (χ2v) is 7.07. The molecule has 1 amide bonds. The molecule has 1 aliphatic rings. The van der Waals surface area contributed by atoms with Crippen molar-refractivity contribution in [3.8, 4) is 0 Å². The second kappa shape index (κ2) is 9.40. The van der Waals surface area contributed by atoms with Crippen molar-refractivity contribution in [2.24, 2.45) is 0 Å². The number of amides is 1. The highest BCUT2D eigenvalue weighted by atomic mass is 35.5. The molecule has 2 N–H and O–H groups in total. The van der Waals surface area contributed by atoms with E-state index in [2.05, 4.69) is 67.5 Å². The van der Waals surface area contributed by atoms with Crippen molar-refractivity contribution >= 4 is 18.3 Å². The minimum absolute atomic E-state index is 0. The van der Waals surface area contributed by atoms with Gasteiger partial charge in [-0.05, 0) is 37.8 Å². The smallest absolute Gasteiger partial charge is 0.234 e. The summed E-state index contributed by atoms with van der Waals surface area (Å²) < 4.78 is 0. The zero-order valence-electron chi connectivity index (χ0n) is 15.4. The number of carbonyl (C=O) groups excluding carboxylic acids is 1. The molecule has 1 aliphatic heterocycles. The molecule has 0 aliphatic carbocycles. The number of hydrogen-bond donors (Lipinski definition) is 2. The van der Waals surface area contributed by atoms with Gasteiger partial charge in [-0.3, -0.25) is 9.69 Å². The van der Waals surface area contributed by atoms with Crippen molar-refractivity contribution in [3.63, 3.8) is 0 Å². The second-order valence-electron chi connectivity index (χ2n) is 7.07. The van der Waals surface area contributed by atoms with Gasteiger partial charge < -0.3 is 10.6 Å². The van der Waals surface area contributed by atoms with E-state index in [0.717, 1.165) is 32.5 Å². The Kier molecular flexibility index (Phi) is 8.20. The lowest BCUT2D eigenvalue weighted by Crippen LogP contribution is -2.52. The number of halogens is 1. The third-order valence-corrected chi connectivity index (χ3v) is 4.84. The maximum Gasteiger partial charge on any atom is 0.234 e. The summed E-state index contributed by atoms with van der Waals surface area (Å²) in [4.78, 5) is 14.7. The number of nitrogens with zero attached hydrogens (tertiary/aromatic N) is 1. The summed E-state index contributed by atoms with van der Waals surface area (Å²) in [5.41, 5.74) is 2.51. The van der Waals surface area contributed by atoms with E-state index >= 15 is 0 Å². The van der Waals surface area contributed by atoms with Crippen LogP contribution in [0.2, 0.25) is 0 Å². The maximum absolute atomic E-state index is 12.4. The fraction of sp³-hybridized carbons (Fsp3) is 0.632. The molecule has 1 aromatic rings. The number of nitrogens with one attached hydrogen (secondary N) is 2. The van der Waals surface area contributed by atoms with Crippen LogP contribution in [0, 0.1) is 0 Å². The first-order chi connectivity index (χ1) is 10.9. The number of hydrogen-bond acceptors (Lipinski definition) is 3. The van der Waals surface area contributed by atoms with E-state index in [1.807, 2.05) is 0 Å². The van der Waals surface area contributed by atoms with Crippen LogP contribution in [0.4, 0.5) is 0 Å². The zero-order chi connectivity index (χ0) is 16.9. The molecule has 2 rings (SSSR count). The van der Waals surface area contributed by atoms with Crippen LogP contribution in [-0.4, -0.2) is 42.5 Å². The van der Waals surface area contributed by atoms with E-state index in [1.54, 1.807) is 0 Å². The van der Waals surface area contributed by atoms with E-state index in [-0.39, 0.29) is 29.9 Å². The molecular weight excluding hydrogens is 322 g/mol. The van der Waals surface area contributed by atoms with Gasteiger partial charge in [0.15, 0.2) is 0 Å². The van der Waals surface area contributed by atoms with Crippen LogP contribution >= 0.6 is 12.4 Å². The molecule has 1 fully saturated rings. The first-order valence-electron chi connectivity index (χ1n) is 8.80. The molecule has 1 unspecified atom stereocenters. The Morgan fingerprint density at radius 2 is 1.96 bits per heavy atom. The molecule has 1 aromatic carbocycles. The molecular formula is C19H32ClN3O. The standard InChI is InChI=1S/C19H31N3O.ClH/c1-5-15-7-9-16(10-8-15)17-13-20-11-12-22(17)14-18(23)21-19(3,4)6-2;/h7-10,17,20H,5-6,11-14H2,1-4H3,(H,21,23);1H. The largest absolute Gasteiger partial charge is 0.350 e. The van der Waals surface area contributed by atoms with Crippen molar-refractivity contribution < 1.29 is 4.79 Å². The Bertz CT molecular complexity index is 516. The summed E-state index contributed by atoms with van der Waals surface area (Å²) in [6.07, 6.45) is 1.99. The van der Waals surface area contributed by atoms with Gasteiger partial charge in [-0.15, -0.1) is 12.4 Å². The van der Waals surface area contributed by atoms with Crippen molar-refractivity contribution in [2.75, 3.05) is 26.2 Å². The van der Waals surface area contributed by atoms with E-state index in [1.165, 1.54) is 11.1 Å². The summed E-state index contributed by atoms with van der Waals surface area (Å²) in [5, 5.41) is 6.59. The number of piperazine rings is 1. The van der Waals surface area contributed by atoms with Gasteiger partial charge in [0.05, 0.1) is 6.54 Å². The predicted molar refractivity (Wildman–Crippen MR) is 103 cm³/mol. The van der Waals surface area contributed by atoms with Gasteiger partial charge in [-0.2, -0.15) is 0 Å². The summed E-state index contributed by atoms with van der Waals surface area (Å²) in [6.45, 7) is 11.6. The summed E-state index contributed by atoms with van der Waals surface area (Å²) >= 11 is 0. The summed E-state index contributed by atoms with van der Waals surface area (Å²) in [5.74, 6) is 0.119. The van der Waals surface area contributed by atoms with Crippen LogP contribution in [0.25, 0.3) is 0 Å². The van der Waals surface area contributed by atoms with E-state index < -0.39 is 0 Å². The number of rotatable bonds is 6. The molecule has 0 saturated carbocycles. The Labute approximate surface area is 152 Å². The van der Waals surface area contributed by atoms with Crippen LogP contribution in [0.5, 0.6) is 0 Å². The Balaban J connectivity index is 0.00000288. The molecule has 0 spiro atoms. The monoisotopic (exact) mass is 353 g/mol. The van der Waals surface area contributed by atoms with Gasteiger partial charge >= 0.3 is 0 Å². The third-order valence-electron chi connectivity index (χ3n) is 4.84. The van der Waals surface area contributed by atoms with Gasteiger partial charge in [0.25, 0.3) is 0 Å². The number of benzene rings is 1. The number of aryl methyl sites for hydroxylation is 1. The molecule has 0 bridgehead atoms. The Hall–Kier alpha value is -1.10. The Morgan fingerprint density at radius 1 is 1.29 bits per heavy atom. The van der Waals surface area contributed by atoms with Gasteiger partial charge in [-0.1, -0.05) is 38.1 Å². The van der Waals surface area contributed by atoms with Crippen molar-refractivity contribution in [2.45, 2.75) is 52.1 Å². The minimum atomic E-state index is -0.136. The van der Waals surface area contributed by atoms with Crippen LogP contribution in [0.15, 0.2) is 24.3 Å². The molecule has 136 valence electrons. The zero-order valence-corrected chi connectivity index (χ0v) is 16.2. The molecule has 1 heterocycles. The fourth-order valence-corrected chi connectivity index (χ4v) is 2.93. The molecule has 24 heavy (non-hydrogen) atoms. The highest BCUT2D eigenvalue weighted by molar-refractivity contribution is 5.85. The highest BCUT2D eigenvalue weighted by Crippen LogP contribution is 2.22. The lowest BCUT2D eigenvalue weighted by molar-refractivity contribution is -0.124. The van der Waals surface area contributed by atoms with Crippen molar-refractivity contribution in [1.82, 2.24) is 15.5 Å². The van der Waals surface area contributed by atoms with E-state index in [9.17, 15) is 4.79 Å². The van der Waals surface area contributed by atoms with Crippen molar-refractivity contribution in [1.29, 1.82) is 0 Å². The highest BCUT2D eigenvalue weighted by Gasteiger charge is 2.27. The van der Waals surface area contributed by atoms with Crippen LogP contribution in [-0.2, 0) is 11.2 Å². The summed E-state index contributed by atoms with van der Waals surface area (Å²) in [7, 11) is 0. The van der Waals surface area contributed by atoms with Crippen LogP contribution in [0.3, 0.4) is 0 Å². The van der Waals surface area contributed by atoms with Gasteiger partial charge in [0.1, 0.15) is 0 Å². The summed E-state index contributed by atoms with van der Waals surface area (Å²) in [6, 6.07) is 9.07. The molecule has 5 heteroatoms. The molecule has 0 radical (unpaired) electrons. The molecule has 0 aromatic heterocycles. The molecule has 1 atom stereocenters. The quantitative estimate of drug-likeness (QED) is 0.826. The maximum atomic E-state index is 12.4. The van der Waals surface area contributed by atoms with Gasteiger partial charge in [0, 0.05) is 31.2 Å². The topological polar surface area (TPSA) is 44.4 Å². The first-order valence-corrected chi connectivity index (χ1v) is 8.80.